The van der Waals surface area contributed by atoms with Crippen LogP contribution in [0.4, 0.5) is 0 Å². The summed E-state index contributed by atoms with van der Waals surface area (Å²) in [7, 11) is 0. The molecule has 2 aromatic rings. The lowest BCUT2D eigenvalue weighted by molar-refractivity contribution is -0.135. The lowest BCUT2D eigenvalue weighted by atomic mass is 9.88. The summed E-state index contributed by atoms with van der Waals surface area (Å²) in [5.41, 5.74) is 1.04. The monoisotopic (exact) mass is 400 g/mol. The molecule has 7 heteroatoms. The van der Waals surface area contributed by atoms with Crippen LogP contribution in [-0.2, 0) is 9.53 Å². The first-order chi connectivity index (χ1) is 13.7. The summed E-state index contributed by atoms with van der Waals surface area (Å²) in [4.78, 5) is 19.3. The Morgan fingerprint density at radius 1 is 1.21 bits per heavy atom. The van der Waals surface area contributed by atoms with Crippen LogP contribution in [0.15, 0.2) is 35.5 Å². The van der Waals surface area contributed by atoms with E-state index in [0.29, 0.717) is 36.5 Å². The highest BCUT2D eigenvalue weighted by Crippen LogP contribution is 2.33. The first-order valence-corrected chi connectivity index (χ1v) is 11.2. The van der Waals surface area contributed by atoms with E-state index in [4.69, 9.17) is 14.8 Å². The van der Waals surface area contributed by atoms with E-state index in [9.17, 15) is 4.79 Å². The number of para-hydroxylation sites is 1. The Morgan fingerprint density at radius 2 is 2.00 bits per heavy atom. The van der Waals surface area contributed by atoms with Gasteiger partial charge in [0.2, 0.25) is 11.1 Å². The molecule has 1 saturated carbocycles. The maximum absolute atomic E-state index is 12.6. The van der Waals surface area contributed by atoms with Crippen LogP contribution in [0, 0.1) is 0 Å². The number of hydrogen-bond acceptors (Lipinski definition) is 5. The summed E-state index contributed by atoms with van der Waals surface area (Å²) in [6.07, 6.45) is 6.26. The third kappa shape index (κ3) is 4.58. The van der Waals surface area contributed by atoms with Crippen LogP contribution >= 0.6 is 11.8 Å². The van der Waals surface area contributed by atoms with E-state index >= 15 is 0 Å². The molecule has 150 valence electrons. The van der Waals surface area contributed by atoms with E-state index in [1.165, 1.54) is 43.9 Å². The van der Waals surface area contributed by atoms with Gasteiger partial charge in [0.15, 0.2) is 0 Å². The van der Waals surface area contributed by atoms with Crippen molar-refractivity contribution in [1.29, 1.82) is 0 Å². The molecule has 4 rings (SSSR count). The predicted octanol–water partition coefficient (Wildman–Crippen LogP) is 3.65. The van der Waals surface area contributed by atoms with Gasteiger partial charge in [0.25, 0.3) is 0 Å². The summed E-state index contributed by atoms with van der Waals surface area (Å²) in [5.74, 6) is 2.00. The zero-order valence-corrected chi connectivity index (χ0v) is 17.2. The van der Waals surface area contributed by atoms with E-state index in [-0.39, 0.29) is 12.0 Å². The van der Waals surface area contributed by atoms with Crippen LogP contribution in [0.2, 0.25) is 0 Å². The average Bonchev–Trinajstić information content (AvgIpc) is 3.18. The molecule has 2 aliphatic rings. The summed E-state index contributed by atoms with van der Waals surface area (Å²) in [6.45, 7) is 3.96. The number of hydrogen-bond donors (Lipinski definition) is 0. The Balaban J connectivity index is 1.49. The minimum Gasteiger partial charge on any atom is -0.375 e. The molecular formula is C21H28N4O2S. The molecule has 0 N–H and O–H groups in total. The Bertz CT molecular complexity index is 789. The molecule has 1 aliphatic heterocycles. The van der Waals surface area contributed by atoms with Crippen LogP contribution in [0.1, 0.15) is 50.8 Å². The van der Waals surface area contributed by atoms with Gasteiger partial charge < -0.3 is 9.64 Å². The second-order valence-corrected chi connectivity index (χ2v) is 8.59. The highest BCUT2D eigenvalue weighted by atomic mass is 32.2. The van der Waals surface area contributed by atoms with Crippen molar-refractivity contribution < 1.29 is 9.53 Å². The van der Waals surface area contributed by atoms with Gasteiger partial charge in [-0.2, -0.15) is 0 Å². The van der Waals surface area contributed by atoms with Gasteiger partial charge in [-0.05, 0) is 31.9 Å². The molecule has 0 unspecified atom stereocenters. The van der Waals surface area contributed by atoms with Crippen molar-refractivity contribution in [3.8, 4) is 5.69 Å². The molecule has 1 aromatic carbocycles. The number of aromatic nitrogens is 3. The van der Waals surface area contributed by atoms with Crippen molar-refractivity contribution in [2.75, 3.05) is 25.4 Å². The molecule has 6 nitrogen and oxygen atoms in total. The molecule has 2 fully saturated rings. The van der Waals surface area contributed by atoms with Gasteiger partial charge in [0.1, 0.15) is 5.82 Å². The number of morpholine rings is 1. The standard InChI is InChI=1S/C21H28N4O2S/c1-16-14-24(12-13-27-16)19(26)15-28-21-22-20(17-8-4-2-5-9-17)25(23-21)18-10-6-3-7-11-18/h3,6-7,10-11,16-17H,2,4-5,8-9,12-15H2,1H3/t16-/m0/s1. The van der Waals surface area contributed by atoms with Crippen molar-refractivity contribution in [1.82, 2.24) is 19.7 Å². The van der Waals surface area contributed by atoms with Crippen molar-refractivity contribution in [2.24, 2.45) is 0 Å². The van der Waals surface area contributed by atoms with Crippen LogP contribution in [0.5, 0.6) is 0 Å². The first-order valence-electron chi connectivity index (χ1n) is 10.3. The van der Waals surface area contributed by atoms with Gasteiger partial charge in [-0.1, -0.05) is 49.2 Å². The molecule has 1 atom stereocenters. The highest BCUT2D eigenvalue weighted by Gasteiger charge is 2.25. The normalized spacial score (nSPS) is 21.0. The Hall–Kier alpha value is -1.86. The fourth-order valence-corrected chi connectivity index (χ4v) is 4.74. The molecule has 1 saturated heterocycles. The topological polar surface area (TPSA) is 60.2 Å². The van der Waals surface area contributed by atoms with E-state index in [2.05, 4.69) is 12.1 Å². The third-order valence-corrected chi connectivity index (χ3v) is 6.32. The average molecular weight is 401 g/mol. The lowest BCUT2D eigenvalue weighted by Crippen LogP contribution is -2.45. The molecular weight excluding hydrogens is 372 g/mol. The number of amides is 1. The zero-order chi connectivity index (χ0) is 19.3. The van der Waals surface area contributed by atoms with Crippen molar-refractivity contribution in [3.05, 3.63) is 36.2 Å². The third-order valence-electron chi connectivity index (χ3n) is 5.50. The summed E-state index contributed by atoms with van der Waals surface area (Å²) >= 11 is 1.44. The van der Waals surface area contributed by atoms with Crippen molar-refractivity contribution in [3.63, 3.8) is 0 Å². The molecule has 1 amide bonds. The molecule has 0 bridgehead atoms. The predicted molar refractivity (Wildman–Crippen MR) is 110 cm³/mol. The molecule has 1 aliphatic carbocycles. The molecule has 0 radical (unpaired) electrons. The van der Waals surface area contributed by atoms with Crippen LogP contribution in [-0.4, -0.2) is 57.1 Å². The van der Waals surface area contributed by atoms with Crippen LogP contribution < -0.4 is 0 Å². The fraction of sp³-hybridized carbons (Fsp3) is 0.571. The number of rotatable bonds is 5. The molecule has 28 heavy (non-hydrogen) atoms. The van der Waals surface area contributed by atoms with E-state index in [1.54, 1.807) is 0 Å². The second-order valence-electron chi connectivity index (χ2n) is 7.64. The largest absolute Gasteiger partial charge is 0.375 e. The molecule has 2 heterocycles. The number of thioether (sulfide) groups is 1. The van der Waals surface area contributed by atoms with Gasteiger partial charge in [0.05, 0.1) is 24.2 Å². The van der Waals surface area contributed by atoms with E-state index < -0.39 is 0 Å². The number of benzene rings is 1. The number of ether oxygens (including phenoxy) is 1. The van der Waals surface area contributed by atoms with Crippen molar-refractivity contribution >= 4 is 17.7 Å². The van der Waals surface area contributed by atoms with Gasteiger partial charge in [-0.3, -0.25) is 4.79 Å². The minimum atomic E-state index is 0.107. The fourth-order valence-electron chi connectivity index (χ4n) is 4.01. The summed E-state index contributed by atoms with van der Waals surface area (Å²) in [6, 6.07) is 10.2. The Kier molecular flexibility index (Phi) is 6.32. The lowest BCUT2D eigenvalue weighted by Gasteiger charge is -2.31. The van der Waals surface area contributed by atoms with E-state index in [1.807, 2.05) is 34.7 Å². The smallest absolute Gasteiger partial charge is 0.233 e. The maximum atomic E-state index is 12.6. The zero-order valence-electron chi connectivity index (χ0n) is 16.4. The van der Waals surface area contributed by atoms with Crippen LogP contribution in [0.25, 0.3) is 5.69 Å². The maximum Gasteiger partial charge on any atom is 0.233 e. The Morgan fingerprint density at radius 3 is 2.75 bits per heavy atom. The highest BCUT2D eigenvalue weighted by molar-refractivity contribution is 7.99. The SMILES string of the molecule is C[C@H]1CN(C(=O)CSc2nc(C3CCCCC3)n(-c3ccccc3)n2)CCO1. The summed E-state index contributed by atoms with van der Waals surface area (Å²) in [5, 5.41) is 5.45. The summed E-state index contributed by atoms with van der Waals surface area (Å²) < 4.78 is 7.51. The number of carbonyl (C=O) groups is 1. The van der Waals surface area contributed by atoms with Gasteiger partial charge in [0, 0.05) is 19.0 Å². The van der Waals surface area contributed by atoms with Gasteiger partial charge >= 0.3 is 0 Å². The second kappa shape index (κ2) is 9.09. The van der Waals surface area contributed by atoms with Gasteiger partial charge in [-0.25, -0.2) is 9.67 Å². The van der Waals surface area contributed by atoms with Gasteiger partial charge in [-0.15, -0.1) is 5.10 Å². The quantitative estimate of drug-likeness (QED) is 0.717. The molecule has 0 spiro atoms. The van der Waals surface area contributed by atoms with E-state index in [0.717, 1.165) is 11.5 Å². The minimum absolute atomic E-state index is 0.107. The number of carbonyl (C=O) groups excluding carboxylic acids is 1. The number of nitrogens with zero attached hydrogens (tertiary/aromatic N) is 4. The Labute approximate surface area is 170 Å². The van der Waals surface area contributed by atoms with Crippen molar-refractivity contribution in [2.45, 2.75) is 56.2 Å². The van der Waals surface area contributed by atoms with Crippen LogP contribution in [0.3, 0.4) is 0 Å². The first kappa shape index (κ1) is 19.5. The molecule has 1 aromatic heterocycles.